The van der Waals surface area contributed by atoms with E-state index < -0.39 is 0 Å². The number of fused-ring (bicyclic) bond motifs is 1. The molecule has 0 atom stereocenters. The van der Waals surface area contributed by atoms with Gasteiger partial charge in [0.25, 0.3) is 5.91 Å². The maximum absolute atomic E-state index is 13.7. The minimum Gasteiger partial charge on any atom is -0.330 e. The van der Waals surface area contributed by atoms with Crippen LogP contribution in [0.2, 0.25) is 10.0 Å². The van der Waals surface area contributed by atoms with Crippen LogP contribution in [-0.4, -0.2) is 51.6 Å². The summed E-state index contributed by atoms with van der Waals surface area (Å²) in [5.74, 6) is -0.0690. The van der Waals surface area contributed by atoms with Crippen molar-refractivity contribution in [2.75, 3.05) is 19.6 Å². The molecule has 1 N–H and O–H groups in total. The highest BCUT2D eigenvalue weighted by Crippen LogP contribution is 2.30. The number of hydrogen-bond donors (Lipinski definition) is 1. The second kappa shape index (κ2) is 10.0. The highest BCUT2D eigenvalue weighted by molar-refractivity contribution is 6.42. The van der Waals surface area contributed by atoms with E-state index >= 15 is 0 Å². The topological polar surface area (TPSA) is 52.2 Å². The number of rotatable bonds is 7. The molecule has 4 rings (SSSR count). The van der Waals surface area contributed by atoms with Gasteiger partial charge >= 0.3 is 0 Å². The molecule has 0 saturated carbocycles. The highest BCUT2D eigenvalue weighted by atomic mass is 35.5. The van der Waals surface area contributed by atoms with Gasteiger partial charge < -0.3 is 9.80 Å². The first kappa shape index (κ1) is 22.1. The van der Waals surface area contributed by atoms with Crippen molar-refractivity contribution in [2.24, 2.45) is 0 Å². The van der Waals surface area contributed by atoms with Crippen LogP contribution in [-0.2, 0) is 6.54 Å². The summed E-state index contributed by atoms with van der Waals surface area (Å²) in [5, 5.41) is 8.85. The Labute approximate surface area is 193 Å². The molecule has 0 bridgehead atoms. The fourth-order valence-corrected chi connectivity index (χ4v) is 4.62. The number of nitrogens with zero attached hydrogens (tertiary/aromatic N) is 3. The lowest BCUT2D eigenvalue weighted by Gasteiger charge is -2.38. The number of aromatic amines is 1. The van der Waals surface area contributed by atoms with Crippen molar-refractivity contribution in [3.05, 3.63) is 63.8 Å². The van der Waals surface area contributed by atoms with Gasteiger partial charge in [0.05, 0.1) is 15.6 Å². The van der Waals surface area contributed by atoms with Crippen molar-refractivity contribution in [3.63, 3.8) is 0 Å². The van der Waals surface area contributed by atoms with Gasteiger partial charge in [-0.1, -0.05) is 66.9 Å². The lowest BCUT2D eigenvalue weighted by molar-refractivity contribution is 0.0545. The molecule has 164 valence electrons. The maximum atomic E-state index is 13.7. The second-order valence-corrected chi connectivity index (χ2v) is 9.04. The van der Waals surface area contributed by atoms with Gasteiger partial charge in [-0.15, -0.1) is 0 Å². The normalized spacial score (nSPS) is 15.5. The molecule has 3 aromatic rings. The van der Waals surface area contributed by atoms with Gasteiger partial charge in [-0.3, -0.25) is 9.89 Å². The standard InChI is InChI=1S/C24H28Cl2N4O/c1-2-3-11-29-12-9-18(10-13-29)30(16-17-7-5-4-6-8-17)24(31)23-19-14-20(25)21(26)15-22(19)27-28-23/h4-8,14-15,18H,2-3,9-13,16H2,1H3,(H,27,28). The Morgan fingerprint density at radius 1 is 1.16 bits per heavy atom. The molecular weight excluding hydrogens is 431 g/mol. The molecule has 2 aromatic carbocycles. The summed E-state index contributed by atoms with van der Waals surface area (Å²) in [4.78, 5) is 18.2. The summed E-state index contributed by atoms with van der Waals surface area (Å²) in [6, 6.07) is 13.8. The average Bonchev–Trinajstić information content (AvgIpc) is 3.19. The number of likely N-dealkylation sites (tertiary alicyclic amines) is 1. The first-order chi connectivity index (χ1) is 15.1. The van der Waals surface area contributed by atoms with E-state index in [0.29, 0.717) is 33.2 Å². The fraction of sp³-hybridized carbons (Fsp3) is 0.417. The molecule has 1 amide bonds. The Balaban J connectivity index is 1.60. The van der Waals surface area contributed by atoms with Gasteiger partial charge in [-0.25, -0.2) is 0 Å². The number of piperidine rings is 1. The monoisotopic (exact) mass is 458 g/mol. The van der Waals surface area contributed by atoms with Gasteiger partial charge in [-0.2, -0.15) is 5.10 Å². The molecule has 1 aliphatic rings. The van der Waals surface area contributed by atoms with E-state index in [1.165, 1.54) is 12.8 Å². The van der Waals surface area contributed by atoms with E-state index in [1.54, 1.807) is 12.1 Å². The van der Waals surface area contributed by atoms with Crippen LogP contribution < -0.4 is 0 Å². The van der Waals surface area contributed by atoms with E-state index in [-0.39, 0.29) is 11.9 Å². The van der Waals surface area contributed by atoms with E-state index in [9.17, 15) is 4.79 Å². The summed E-state index contributed by atoms with van der Waals surface area (Å²) in [5.41, 5.74) is 2.23. The molecule has 0 spiro atoms. The third-order valence-electron chi connectivity index (χ3n) is 6.09. The Morgan fingerprint density at radius 3 is 2.58 bits per heavy atom. The lowest BCUT2D eigenvalue weighted by Crippen LogP contribution is -2.47. The van der Waals surface area contributed by atoms with Gasteiger partial charge in [0.1, 0.15) is 0 Å². The van der Waals surface area contributed by atoms with E-state index in [1.807, 2.05) is 23.1 Å². The van der Waals surface area contributed by atoms with Crippen LogP contribution in [0.1, 0.15) is 48.7 Å². The molecule has 1 saturated heterocycles. The second-order valence-electron chi connectivity index (χ2n) is 8.23. The molecule has 1 fully saturated rings. The number of aromatic nitrogens is 2. The zero-order chi connectivity index (χ0) is 21.8. The highest BCUT2D eigenvalue weighted by Gasteiger charge is 2.30. The molecule has 31 heavy (non-hydrogen) atoms. The van der Waals surface area contributed by atoms with Crippen LogP contribution >= 0.6 is 23.2 Å². The number of amides is 1. The van der Waals surface area contributed by atoms with Crippen molar-refractivity contribution in [3.8, 4) is 0 Å². The van der Waals surface area contributed by atoms with E-state index in [4.69, 9.17) is 23.2 Å². The zero-order valence-corrected chi connectivity index (χ0v) is 19.3. The van der Waals surface area contributed by atoms with E-state index in [2.05, 4.69) is 34.2 Å². The maximum Gasteiger partial charge on any atom is 0.275 e. The number of benzene rings is 2. The number of unbranched alkanes of at least 4 members (excludes halogenated alkanes) is 1. The minimum absolute atomic E-state index is 0.0690. The molecule has 0 radical (unpaired) electrons. The number of carbonyl (C=O) groups excluding carboxylic acids is 1. The number of nitrogens with one attached hydrogen (secondary N) is 1. The Bertz CT molecular complexity index is 1030. The van der Waals surface area contributed by atoms with Crippen molar-refractivity contribution < 1.29 is 4.79 Å². The molecular formula is C24H28Cl2N4O. The number of carbonyl (C=O) groups is 1. The van der Waals surface area contributed by atoms with E-state index in [0.717, 1.165) is 38.0 Å². The van der Waals surface area contributed by atoms with Crippen LogP contribution in [0.25, 0.3) is 10.9 Å². The zero-order valence-electron chi connectivity index (χ0n) is 17.8. The summed E-state index contributed by atoms with van der Waals surface area (Å²) >= 11 is 12.4. The van der Waals surface area contributed by atoms with Crippen LogP contribution in [0.5, 0.6) is 0 Å². The number of H-pyrrole nitrogens is 1. The van der Waals surface area contributed by atoms with Crippen molar-refractivity contribution in [2.45, 2.75) is 45.2 Å². The molecule has 0 unspecified atom stereocenters. The van der Waals surface area contributed by atoms with Crippen LogP contribution in [0.3, 0.4) is 0 Å². The number of hydrogen-bond acceptors (Lipinski definition) is 3. The molecule has 1 aromatic heterocycles. The summed E-state index contributed by atoms with van der Waals surface area (Å²) in [6.45, 7) is 5.96. The lowest BCUT2D eigenvalue weighted by atomic mass is 10.0. The first-order valence-electron chi connectivity index (χ1n) is 11.0. The Kier molecular flexibility index (Phi) is 7.16. The van der Waals surface area contributed by atoms with Crippen LogP contribution in [0, 0.1) is 0 Å². The average molecular weight is 459 g/mol. The summed E-state index contributed by atoms with van der Waals surface area (Å²) in [7, 11) is 0. The van der Waals surface area contributed by atoms with Gasteiger partial charge in [0, 0.05) is 31.1 Å². The predicted octanol–water partition coefficient (Wildman–Crippen LogP) is 5.78. The fourth-order valence-electron chi connectivity index (χ4n) is 4.29. The van der Waals surface area contributed by atoms with Crippen LogP contribution in [0.15, 0.2) is 42.5 Å². The molecule has 1 aliphatic heterocycles. The third-order valence-corrected chi connectivity index (χ3v) is 6.81. The van der Waals surface area contributed by atoms with Crippen molar-refractivity contribution in [1.82, 2.24) is 20.0 Å². The molecule has 5 nitrogen and oxygen atoms in total. The molecule has 0 aliphatic carbocycles. The molecule has 2 heterocycles. The summed E-state index contributed by atoms with van der Waals surface area (Å²) in [6.07, 6.45) is 4.37. The Morgan fingerprint density at radius 2 is 1.87 bits per heavy atom. The third kappa shape index (κ3) is 5.05. The van der Waals surface area contributed by atoms with Gasteiger partial charge in [0.15, 0.2) is 5.69 Å². The predicted molar refractivity (Wildman–Crippen MR) is 127 cm³/mol. The minimum atomic E-state index is -0.0690. The number of halogens is 2. The largest absolute Gasteiger partial charge is 0.330 e. The molecule has 7 heteroatoms. The quantitative estimate of drug-likeness (QED) is 0.488. The van der Waals surface area contributed by atoms with Crippen molar-refractivity contribution >= 4 is 40.0 Å². The van der Waals surface area contributed by atoms with Crippen molar-refractivity contribution in [1.29, 1.82) is 0 Å². The first-order valence-corrected chi connectivity index (χ1v) is 11.7. The summed E-state index contributed by atoms with van der Waals surface area (Å²) < 4.78 is 0. The van der Waals surface area contributed by atoms with Gasteiger partial charge in [-0.05, 0) is 43.5 Å². The van der Waals surface area contributed by atoms with Crippen LogP contribution in [0.4, 0.5) is 0 Å². The smallest absolute Gasteiger partial charge is 0.275 e. The van der Waals surface area contributed by atoms with Gasteiger partial charge in [0.2, 0.25) is 0 Å². The Hall–Kier alpha value is -2.08. The SMILES string of the molecule is CCCCN1CCC(N(Cc2ccccc2)C(=O)c2n[nH]c3cc(Cl)c(Cl)cc23)CC1.